The summed E-state index contributed by atoms with van der Waals surface area (Å²) in [4.78, 5) is 4.65. The molecule has 2 aliphatic rings. The van der Waals surface area contributed by atoms with Gasteiger partial charge in [-0.05, 0) is 38.0 Å². The Bertz CT molecular complexity index is 599. The van der Waals surface area contributed by atoms with Gasteiger partial charge in [-0.2, -0.15) is 17.5 Å². The first-order valence-electron chi connectivity index (χ1n) is 9.19. The third kappa shape index (κ3) is 6.62. The van der Waals surface area contributed by atoms with Crippen LogP contribution in [0.1, 0.15) is 52.4 Å². The van der Waals surface area contributed by atoms with Crippen LogP contribution >= 0.6 is 24.0 Å². The number of rotatable bonds is 5. The van der Waals surface area contributed by atoms with Gasteiger partial charge in [-0.3, -0.25) is 4.99 Å². The summed E-state index contributed by atoms with van der Waals surface area (Å²) < 4.78 is 61.4. The minimum absolute atomic E-state index is 0. The van der Waals surface area contributed by atoms with Crippen LogP contribution in [0.4, 0.5) is 13.2 Å². The molecule has 0 aromatic heterocycles. The number of nitrogens with zero attached hydrogens (tertiary/aromatic N) is 2. The van der Waals surface area contributed by atoms with Gasteiger partial charge in [-0.15, -0.1) is 24.0 Å². The summed E-state index contributed by atoms with van der Waals surface area (Å²) >= 11 is 0. The molecule has 0 aromatic rings. The zero-order valence-electron chi connectivity index (χ0n) is 15.8. The Balaban J connectivity index is 0.00000364. The molecular weight excluding hydrogens is 496 g/mol. The molecule has 0 radical (unpaired) electrons. The Kier molecular flexibility index (Phi) is 9.11. The summed E-state index contributed by atoms with van der Waals surface area (Å²) in [6, 6.07) is -0.0936. The van der Waals surface area contributed by atoms with Gasteiger partial charge >= 0.3 is 15.5 Å². The predicted molar refractivity (Wildman–Crippen MR) is 111 cm³/mol. The molecule has 2 rings (SSSR count). The number of halogens is 4. The van der Waals surface area contributed by atoms with Crippen molar-refractivity contribution >= 4 is 40.0 Å². The van der Waals surface area contributed by atoms with Crippen LogP contribution in [0.15, 0.2) is 4.99 Å². The number of sulfonamides is 1. The Hall–Kier alpha value is -0.300. The molecular formula is C16H30F3IN4O2S. The van der Waals surface area contributed by atoms with E-state index in [2.05, 4.69) is 22.5 Å². The maximum atomic E-state index is 12.6. The van der Waals surface area contributed by atoms with Crippen molar-refractivity contribution in [1.29, 1.82) is 0 Å². The van der Waals surface area contributed by atoms with Crippen LogP contribution in [-0.2, 0) is 10.0 Å². The first-order valence-corrected chi connectivity index (χ1v) is 10.6. The highest BCUT2D eigenvalue weighted by atomic mass is 127. The largest absolute Gasteiger partial charge is 0.511 e. The molecule has 2 fully saturated rings. The van der Waals surface area contributed by atoms with Crippen LogP contribution in [-0.4, -0.2) is 56.4 Å². The zero-order valence-corrected chi connectivity index (χ0v) is 19.0. The van der Waals surface area contributed by atoms with Crippen molar-refractivity contribution in [3.8, 4) is 0 Å². The second-order valence-electron chi connectivity index (χ2n) is 7.48. The summed E-state index contributed by atoms with van der Waals surface area (Å²) in [6.45, 7) is 5.29. The standard InChI is InChI=1S/C16H29F3N4O2S.HI/c1-3-20-14(21-12-15(2)8-4-5-9-15)22-13-6-10-23(11-7-13)26(24,25)16(17,18)19;/h13H,3-12H2,1-2H3,(H2,20,21,22);1H. The van der Waals surface area contributed by atoms with Crippen molar-refractivity contribution < 1.29 is 21.6 Å². The maximum Gasteiger partial charge on any atom is 0.511 e. The molecule has 0 aromatic carbocycles. The van der Waals surface area contributed by atoms with Gasteiger partial charge in [-0.25, -0.2) is 8.42 Å². The zero-order chi connectivity index (χ0) is 19.4. The molecule has 0 amide bonds. The summed E-state index contributed by atoms with van der Waals surface area (Å²) in [6.07, 6.45) is 5.39. The molecule has 0 atom stereocenters. The molecule has 0 bridgehead atoms. The van der Waals surface area contributed by atoms with Crippen molar-refractivity contribution in [3.63, 3.8) is 0 Å². The van der Waals surface area contributed by atoms with Gasteiger partial charge in [0.2, 0.25) is 0 Å². The van der Waals surface area contributed by atoms with Crippen molar-refractivity contribution in [2.75, 3.05) is 26.2 Å². The fraction of sp³-hybridized carbons (Fsp3) is 0.938. The molecule has 160 valence electrons. The Morgan fingerprint density at radius 3 is 2.26 bits per heavy atom. The summed E-state index contributed by atoms with van der Waals surface area (Å²) in [5, 5.41) is 6.41. The smallest absolute Gasteiger partial charge is 0.357 e. The van der Waals surface area contributed by atoms with E-state index in [1.54, 1.807) is 0 Å². The first-order chi connectivity index (χ1) is 12.1. The average molecular weight is 526 g/mol. The summed E-state index contributed by atoms with van der Waals surface area (Å²) in [5.41, 5.74) is -5.02. The lowest BCUT2D eigenvalue weighted by Crippen LogP contribution is -2.51. The molecule has 1 saturated carbocycles. The van der Waals surface area contributed by atoms with Crippen LogP contribution in [0.25, 0.3) is 0 Å². The highest BCUT2D eigenvalue weighted by Gasteiger charge is 2.50. The van der Waals surface area contributed by atoms with Crippen LogP contribution < -0.4 is 10.6 Å². The van der Waals surface area contributed by atoms with Crippen LogP contribution in [0.3, 0.4) is 0 Å². The minimum Gasteiger partial charge on any atom is -0.357 e. The molecule has 6 nitrogen and oxygen atoms in total. The van der Waals surface area contributed by atoms with Crippen molar-refractivity contribution in [3.05, 3.63) is 0 Å². The fourth-order valence-corrected chi connectivity index (χ4v) is 4.54. The van der Waals surface area contributed by atoms with Crippen LogP contribution in [0.5, 0.6) is 0 Å². The first kappa shape index (κ1) is 24.7. The van der Waals surface area contributed by atoms with Gasteiger partial charge in [0.1, 0.15) is 0 Å². The van der Waals surface area contributed by atoms with E-state index in [4.69, 9.17) is 0 Å². The van der Waals surface area contributed by atoms with Crippen LogP contribution in [0, 0.1) is 5.41 Å². The van der Waals surface area contributed by atoms with Crippen molar-refractivity contribution in [2.24, 2.45) is 10.4 Å². The van der Waals surface area contributed by atoms with Gasteiger partial charge in [0, 0.05) is 32.2 Å². The van der Waals surface area contributed by atoms with E-state index in [9.17, 15) is 21.6 Å². The van der Waals surface area contributed by atoms with Gasteiger partial charge in [0.25, 0.3) is 0 Å². The highest BCUT2D eigenvalue weighted by Crippen LogP contribution is 2.37. The Labute approximate surface area is 176 Å². The minimum atomic E-state index is -5.24. The van der Waals surface area contributed by atoms with E-state index >= 15 is 0 Å². The Morgan fingerprint density at radius 2 is 1.78 bits per heavy atom. The Morgan fingerprint density at radius 1 is 1.22 bits per heavy atom. The lowest BCUT2D eigenvalue weighted by molar-refractivity contribution is -0.0494. The average Bonchev–Trinajstić information content (AvgIpc) is 2.99. The molecule has 11 heteroatoms. The van der Waals surface area contributed by atoms with E-state index in [0.717, 1.165) is 12.8 Å². The molecule has 1 aliphatic carbocycles. The van der Waals surface area contributed by atoms with Crippen molar-refractivity contribution in [1.82, 2.24) is 14.9 Å². The molecule has 1 aliphatic heterocycles. The lowest BCUT2D eigenvalue weighted by atomic mass is 9.89. The molecule has 27 heavy (non-hydrogen) atoms. The van der Waals surface area contributed by atoms with Gasteiger partial charge in [0.05, 0.1) is 0 Å². The molecule has 1 saturated heterocycles. The SMILES string of the molecule is CCNC(=NCC1(C)CCCC1)NC1CCN(S(=O)(=O)C(F)(F)F)CC1.I. The quantitative estimate of drug-likeness (QED) is 0.328. The number of alkyl halides is 3. The van der Waals surface area contributed by atoms with Crippen molar-refractivity contribution in [2.45, 2.75) is 63.9 Å². The number of nitrogens with one attached hydrogen (secondary N) is 2. The van der Waals surface area contributed by atoms with Gasteiger partial charge < -0.3 is 10.6 Å². The number of aliphatic imine (C=N–C) groups is 1. The second kappa shape index (κ2) is 9.95. The topological polar surface area (TPSA) is 73.8 Å². The summed E-state index contributed by atoms with van der Waals surface area (Å²) in [7, 11) is -5.23. The normalized spacial score (nSPS) is 22.3. The third-order valence-corrected chi connectivity index (χ3v) is 6.83. The van der Waals surface area contributed by atoms with Crippen LogP contribution in [0.2, 0.25) is 0 Å². The van der Waals surface area contributed by atoms with Gasteiger partial charge in [0.15, 0.2) is 5.96 Å². The molecule has 0 spiro atoms. The third-order valence-electron chi connectivity index (χ3n) is 5.20. The second-order valence-corrected chi connectivity index (χ2v) is 9.41. The number of piperidine rings is 1. The van der Waals surface area contributed by atoms with E-state index < -0.39 is 15.5 Å². The van der Waals surface area contributed by atoms with E-state index in [1.807, 2.05) is 6.92 Å². The van der Waals surface area contributed by atoms with E-state index in [-0.39, 0.29) is 48.5 Å². The monoisotopic (exact) mass is 526 g/mol. The molecule has 1 heterocycles. The molecule has 2 N–H and O–H groups in total. The maximum absolute atomic E-state index is 12.6. The number of hydrogen-bond acceptors (Lipinski definition) is 3. The van der Waals surface area contributed by atoms with Gasteiger partial charge in [-0.1, -0.05) is 19.8 Å². The number of guanidine groups is 1. The highest BCUT2D eigenvalue weighted by molar-refractivity contribution is 14.0. The van der Waals surface area contributed by atoms with E-state index in [0.29, 0.717) is 36.2 Å². The molecule has 0 unspecified atom stereocenters. The van der Waals surface area contributed by atoms with E-state index in [1.165, 1.54) is 12.8 Å². The summed E-state index contributed by atoms with van der Waals surface area (Å²) in [5.74, 6) is 0.651. The number of hydrogen-bond donors (Lipinski definition) is 2. The predicted octanol–water partition coefficient (Wildman–Crippen LogP) is 3.05. The lowest BCUT2D eigenvalue weighted by Gasteiger charge is -2.32. The fourth-order valence-electron chi connectivity index (χ4n) is 3.56.